The van der Waals surface area contributed by atoms with Crippen LogP contribution in [-0.4, -0.2) is 54.9 Å². The molecule has 1 aliphatic carbocycles. The highest BCUT2D eigenvalue weighted by molar-refractivity contribution is 5.68. The van der Waals surface area contributed by atoms with Gasteiger partial charge in [0.15, 0.2) is 0 Å². The van der Waals surface area contributed by atoms with Gasteiger partial charge in [-0.15, -0.1) is 0 Å². The molecule has 32 heavy (non-hydrogen) atoms. The summed E-state index contributed by atoms with van der Waals surface area (Å²) in [5.74, 6) is 3.69. The molecule has 3 aliphatic rings. The van der Waals surface area contributed by atoms with Crippen molar-refractivity contribution in [2.75, 3.05) is 49.8 Å². The van der Waals surface area contributed by atoms with E-state index in [4.69, 9.17) is 19.4 Å². The largest absolute Gasteiger partial charge is 0.497 e. The number of ether oxygens (including phenoxy) is 2. The van der Waals surface area contributed by atoms with Crippen molar-refractivity contribution in [1.29, 1.82) is 0 Å². The molecule has 6 rings (SSSR count). The van der Waals surface area contributed by atoms with E-state index in [2.05, 4.69) is 39.0 Å². The second-order valence-corrected chi connectivity index (χ2v) is 8.65. The van der Waals surface area contributed by atoms with Crippen molar-refractivity contribution in [2.45, 2.75) is 24.7 Å². The van der Waals surface area contributed by atoms with Gasteiger partial charge in [0.2, 0.25) is 5.95 Å². The monoisotopic (exact) mass is 429 g/mol. The lowest BCUT2D eigenvalue weighted by Gasteiger charge is -2.28. The average Bonchev–Trinajstić information content (AvgIpc) is 3.55. The molecule has 0 bridgehead atoms. The van der Waals surface area contributed by atoms with Gasteiger partial charge < -0.3 is 19.3 Å². The van der Waals surface area contributed by atoms with Gasteiger partial charge in [-0.05, 0) is 48.6 Å². The zero-order valence-electron chi connectivity index (χ0n) is 18.3. The lowest BCUT2D eigenvalue weighted by molar-refractivity contribution is 0.122. The third-order valence-corrected chi connectivity index (χ3v) is 6.76. The van der Waals surface area contributed by atoms with Crippen LogP contribution in [0.15, 0.2) is 48.8 Å². The lowest BCUT2D eigenvalue weighted by atomic mass is 10.0. The number of fused-ring (bicyclic) bond motifs is 1. The molecule has 164 valence electrons. The Hall–Kier alpha value is -3.19. The number of hydrogen-bond acceptors (Lipinski definition) is 7. The summed E-state index contributed by atoms with van der Waals surface area (Å²) < 4.78 is 11.0. The zero-order valence-corrected chi connectivity index (χ0v) is 18.3. The highest BCUT2D eigenvalue weighted by Crippen LogP contribution is 2.56. The molecule has 1 saturated carbocycles. The number of pyridine rings is 1. The van der Waals surface area contributed by atoms with E-state index in [0.717, 1.165) is 68.9 Å². The van der Waals surface area contributed by atoms with E-state index >= 15 is 0 Å². The summed E-state index contributed by atoms with van der Waals surface area (Å²) in [5, 5.41) is 0. The SMILES string of the molecule is COc1cccc(C2CC2c2nc(N3CCOCC3)nc3c2CCN3c2cccnc2)c1. The third kappa shape index (κ3) is 3.46. The fraction of sp³-hybridized carbons (Fsp3) is 0.400. The van der Waals surface area contributed by atoms with Crippen LogP contribution in [0.25, 0.3) is 0 Å². The van der Waals surface area contributed by atoms with Crippen molar-refractivity contribution < 1.29 is 9.47 Å². The topological polar surface area (TPSA) is 63.6 Å². The van der Waals surface area contributed by atoms with Crippen LogP contribution in [-0.2, 0) is 11.2 Å². The van der Waals surface area contributed by atoms with E-state index in [1.165, 1.54) is 16.8 Å². The number of nitrogens with zero attached hydrogens (tertiary/aromatic N) is 5. The standard InChI is InChI=1S/C25H27N5O2/c1-31-19-6-2-4-17(14-19)21-15-22(21)23-20-7-9-30(18-5-3-8-26-16-18)24(20)28-25(27-23)29-10-12-32-13-11-29/h2-6,8,14,16,21-22H,7,9-13,15H2,1H3. The quantitative estimate of drug-likeness (QED) is 0.613. The minimum absolute atomic E-state index is 0.424. The van der Waals surface area contributed by atoms with Gasteiger partial charge in [-0.1, -0.05) is 12.1 Å². The zero-order chi connectivity index (χ0) is 21.5. The van der Waals surface area contributed by atoms with E-state index in [-0.39, 0.29) is 0 Å². The van der Waals surface area contributed by atoms with Gasteiger partial charge in [0, 0.05) is 37.3 Å². The Kier molecular flexibility index (Phi) is 4.91. The van der Waals surface area contributed by atoms with Crippen molar-refractivity contribution in [3.8, 4) is 5.75 Å². The highest BCUT2D eigenvalue weighted by atomic mass is 16.5. The Morgan fingerprint density at radius 3 is 2.75 bits per heavy atom. The molecule has 2 fully saturated rings. The second kappa shape index (κ2) is 8.06. The van der Waals surface area contributed by atoms with Crippen LogP contribution in [0.1, 0.15) is 35.1 Å². The summed E-state index contributed by atoms with van der Waals surface area (Å²) >= 11 is 0. The Morgan fingerprint density at radius 1 is 1.03 bits per heavy atom. The summed E-state index contributed by atoms with van der Waals surface area (Å²) in [4.78, 5) is 19.1. The minimum Gasteiger partial charge on any atom is -0.497 e. The molecule has 2 unspecified atom stereocenters. The lowest BCUT2D eigenvalue weighted by Crippen LogP contribution is -2.37. The Labute approximate surface area is 188 Å². The molecule has 0 N–H and O–H groups in total. The average molecular weight is 430 g/mol. The predicted molar refractivity (Wildman–Crippen MR) is 123 cm³/mol. The Morgan fingerprint density at radius 2 is 1.94 bits per heavy atom. The smallest absolute Gasteiger partial charge is 0.227 e. The van der Waals surface area contributed by atoms with Gasteiger partial charge in [-0.25, -0.2) is 4.98 Å². The molecule has 2 aliphatic heterocycles. The number of benzene rings is 1. The maximum atomic E-state index is 5.56. The third-order valence-electron chi connectivity index (χ3n) is 6.76. The number of rotatable bonds is 5. The van der Waals surface area contributed by atoms with Crippen molar-refractivity contribution in [3.05, 3.63) is 65.6 Å². The van der Waals surface area contributed by atoms with Crippen molar-refractivity contribution >= 4 is 17.5 Å². The van der Waals surface area contributed by atoms with Crippen LogP contribution in [0.5, 0.6) is 5.75 Å². The molecule has 2 aromatic heterocycles. The molecule has 0 radical (unpaired) electrons. The van der Waals surface area contributed by atoms with E-state index < -0.39 is 0 Å². The van der Waals surface area contributed by atoms with Crippen LogP contribution < -0.4 is 14.5 Å². The molecule has 7 nitrogen and oxygen atoms in total. The first-order valence-corrected chi connectivity index (χ1v) is 11.4. The fourth-order valence-electron chi connectivity index (χ4n) is 4.98. The Bertz CT molecular complexity index is 1120. The molecule has 0 amide bonds. The van der Waals surface area contributed by atoms with E-state index in [9.17, 15) is 0 Å². The second-order valence-electron chi connectivity index (χ2n) is 8.65. The molecule has 0 spiro atoms. The molecular weight excluding hydrogens is 402 g/mol. The molecule has 1 aromatic carbocycles. The van der Waals surface area contributed by atoms with Crippen LogP contribution in [0.2, 0.25) is 0 Å². The van der Waals surface area contributed by atoms with Gasteiger partial charge in [0.1, 0.15) is 11.6 Å². The number of anilines is 3. The molecule has 2 atom stereocenters. The highest BCUT2D eigenvalue weighted by Gasteiger charge is 2.44. The van der Waals surface area contributed by atoms with E-state index in [0.29, 0.717) is 11.8 Å². The van der Waals surface area contributed by atoms with Gasteiger partial charge in [0.05, 0.1) is 37.9 Å². The summed E-state index contributed by atoms with van der Waals surface area (Å²) in [7, 11) is 1.72. The van der Waals surface area contributed by atoms with E-state index in [1.54, 1.807) is 7.11 Å². The number of morpholine rings is 1. The Balaban J connectivity index is 1.39. The number of hydrogen-bond donors (Lipinski definition) is 0. The normalized spacial score (nSPS) is 22.0. The maximum absolute atomic E-state index is 5.56. The van der Waals surface area contributed by atoms with Crippen LogP contribution in [0.3, 0.4) is 0 Å². The summed E-state index contributed by atoms with van der Waals surface area (Å²) in [5.41, 5.74) is 4.93. The van der Waals surface area contributed by atoms with Crippen LogP contribution in [0, 0.1) is 0 Å². The molecule has 7 heteroatoms. The van der Waals surface area contributed by atoms with Gasteiger partial charge in [-0.3, -0.25) is 4.98 Å². The number of methoxy groups -OCH3 is 1. The van der Waals surface area contributed by atoms with Crippen molar-refractivity contribution in [1.82, 2.24) is 15.0 Å². The van der Waals surface area contributed by atoms with Gasteiger partial charge >= 0.3 is 0 Å². The molecule has 4 heterocycles. The van der Waals surface area contributed by atoms with Gasteiger partial charge in [0.25, 0.3) is 0 Å². The summed E-state index contributed by atoms with van der Waals surface area (Å²) in [6.07, 6.45) is 5.81. The first kappa shape index (κ1) is 19.5. The summed E-state index contributed by atoms with van der Waals surface area (Å²) in [6, 6.07) is 12.5. The molecule has 1 saturated heterocycles. The van der Waals surface area contributed by atoms with Crippen LogP contribution >= 0.6 is 0 Å². The summed E-state index contributed by atoms with van der Waals surface area (Å²) in [6.45, 7) is 4.01. The minimum atomic E-state index is 0.424. The number of aromatic nitrogens is 3. The first-order valence-electron chi connectivity index (χ1n) is 11.4. The van der Waals surface area contributed by atoms with Crippen molar-refractivity contribution in [3.63, 3.8) is 0 Å². The van der Waals surface area contributed by atoms with E-state index in [1.807, 2.05) is 24.5 Å². The molecule has 3 aromatic rings. The molecular formula is C25H27N5O2. The fourth-order valence-corrected chi connectivity index (χ4v) is 4.98. The van der Waals surface area contributed by atoms with Crippen LogP contribution in [0.4, 0.5) is 17.5 Å². The van der Waals surface area contributed by atoms with Gasteiger partial charge in [-0.2, -0.15) is 4.98 Å². The van der Waals surface area contributed by atoms with Crippen molar-refractivity contribution in [2.24, 2.45) is 0 Å². The predicted octanol–water partition coefficient (Wildman–Crippen LogP) is 3.68. The first-order chi connectivity index (χ1) is 15.8. The maximum Gasteiger partial charge on any atom is 0.227 e.